The number of fused-ring (bicyclic) bond motifs is 7. The molecule has 0 aliphatic heterocycles. The quantitative estimate of drug-likeness (QED) is 0.138. The van der Waals surface area contributed by atoms with Crippen molar-refractivity contribution in [2.75, 3.05) is 4.90 Å². The van der Waals surface area contributed by atoms with Gasteiger partial charge in [-0.25, -0.2) is 0 Å². The first-order chi connectivity index (χ1) is 33.7. The fraction of sp³-hybridized carbons (Fsp3) is 0.0303. The number of nitrogens with zero attached hydrogens (tertiary/aromatic N) is 2. The molecule has 13 rings (SSSR count). The van der Waals surface area contributed by atoms with Gasteiger partial charge in [0.25, 0.3) is 0 Å². The van der Waals surface area contributed by atoms with Crippen LogP contribution in [-0.4, -0.2) is 4.57 Å². The van der Waals surface area contributed by atoms with Gasteiger partial charge in [-0.05, 0) is 144 Å². The normalized spacial score (nSPS) is 12.4. The third-order valence-corrected chi connectivity index (χ3v) is 14.1. The molecule has 0 spiro atoms. The molecule has 0 atom stereocenters. The Hall–Kier alpha value is -8.72. The number of rotatable bonds is 8. The summed E-state index contributed by atoms with van der Waals surface area (Å²) in [5, 5.41) is 10.2. The highest BCUT2D eigenvalue weighted by atomic mass is 15.1. The van der Waals surface area contributed by atoms with Crippen molar-refractivity contribution in [3.63, 3.8) is 0 Å². The second kappa shape index (κ2) is 16.6. The molecule has 1 aliphatic rings. The van der Waals surface area contributed by atoms with Gasteiger partial charge in [-0.15, -0.1) is 0 Å². The monoisotopic (exact) mass is 866 g/mol. The Bertz CT molecular complexity index is 4010. The zero-order valence-corrected chi connectivity index (χ0v) is 37.6. The van der Waals surface area contributed by atoms with Gasteiger partial charge in [0.15, 0.2) is 0 Å². The van der Waals surface area contributed by atoms with Crippen molar-refractivity contribution < 1.29 is 0 Å². The predicted molar refractivity (Wildman–Crippen MR) is 289 cm³/mol. The van der Waals surface area contributed by atoms with Crippen LogP contribution in [0, 0.1) is 0 Å². The second-order valence-electron chi connectivity index (χ2n) is 17.9. The third-order valence-electron chi connectivity index (χ3n) is 14.1. The van der Waals surface area contributed by atoms with Gasteiger partial charge < -0.3 is 9.47 Å². The van der Waals surface area contributed by atoms with Crippen LogP contribution in [0.4, 0.5) is 17.1 Å². The Labute approximate surface area is 396 Å². The van der Waals surface area contributed by atoms with E-state index in [1.54, 1.807) is 0 Å². The van der Waals surface area contributed by atoms with Crippen LogP contribution < -0.4 is 15.3 Å². The van der Waals surface area contributed by atoms with Gasteiger partial charge in [-0.1, -0.05) is 194 Å². The highest BCUT2D eigenvalue weighted by molar-refractivity contribution is 6.13. The molecule has 11 aromatic carbocycles. The van der Waals surface area contributed by atoms with Crippen molar-refractivity contribution in [1.82, 2.24) is 4.57 Å². The van der Waals surface area contributed by atoms with E-state index >= 15 is 0 Å². The number of hydrogen-bond acceptors (Lipinski definition) is 1. The summed E-state index contributed by atoms with van der Waals surface area (Å²) >= 11 is 0. The molecule has 0 saturated carbocycles. The van der Waals surface area contributed by atoms with Crippen LogP contribution in [0.2, 0.25) is 0 Å². The Morgan fingerprint density at radius 3 is 1.90 bits per heavy atom. The first kappa shape index (κ1) is 39.6. The molecular weight excluding hydrogens is 821 g/mol. The maximum absolute atomic E-state index is 2.48. The molecule has 0 fully saturated rings. The number of benzene rings is 11. The molecule has 0 amide bonds. The van der Waals surface area contributed by atoms with E-state index in [2.05, 4.69) is 264 Å². The molecule has 0 radical (unpaired) electrons. The lowest BCUT2D eigenvalue weighted by molar-refractivity contribution is 1.07. The summed E-state index contributed by atoms with van der Waals surface area (Å²) in [4.78, 5) is 2.48. The van der Waals surface area contributed by atoms with Crippen molar-refractivity contribution in [1.29, 1.82) is 0 Å². The Morgan fingerprint density at radius 1 is 0.353 bits per heavy atom. The van der Waals surface area contributed by atoms with Crippen LogP contribution in [0.3, 0.4) is 0 Å². The molecule has 68 heavy (non-hydrogen) atoms. The number of hydrogen-bond donors (Lipinski definition) is 0. The summed E-state index contributed by atoms with van der Waals surface area (Å²) in [6.07, 6.45) is 4.36. The van der Waals surface area contributed by atoms with Gasteiger partial charge in [0.05, 0.1) is 16.7 Å². The fourth-order valence-corrected chi connectivity index (χ4v) is 11.0. The molecule has 12 aromatic rings. The topological polar surface area (TPSA) is 8.17 Å². The molecular formula is C66H46N2. The molecule has 2 heteroatoms. The SMILES string of the molecule is C1=c2cccc(-c3ccccc3)c2=C(c2ccccc2N(c2ccc(-c3ccc4c(c3)c3ccccc3n4-c3ccccc3)cc2)c2cccc(-c3cccc4c3ccc3ccccc34)c2)CC1. The van der Waals surface area contributed by atoms with Crippen LogP contribution in [-0.2, 0) is 0 Å². The first-order valence-electron chi connectivity index (χ1n) is 23.7. The molecule has 320 valence electrons. The van der Waals surface area contributed by atoms with E-state index in [9.17, 15) is 0 Å². The van der Waals surface area contributed by atoms with Gasteiger partial charge >= 0.3 is 0 Å². The molecule has 0 N–H and O–H groups in total. The molecule has 0 saturated heterocycles. The Kier molecular flexibility index (Phi) is 9.68. The van der Waals surface area contributed by atoms with Gasteiger partial charge in [0.1, 0.15) is 0 Å². The lowest BCUT2D eigenvalue weighted by Gasteiger charge is -2.29. The zero-order valence-electron chi connectivity index (χ0n) is 37.6. The number of aromatic nitrogens is 1. The predicted octanol–water partition coefficient (Wildman–Crippen LogP) is 16.3. The lowest BCUT2D eigenvalue weighted by atomic mass is 9.88. The fourth-order valence-electron chi connectivity index (χ4n) is 11.0. The molecule has 1 aliphatic carbocycles. The highest BCUT2D eigenvalue weighted by Gasteiger charge is 2.22. The zero-order chi connectivity index (χ0) is 45.0. The molecule has 1 heterocycles. The van der Waals surface area contributed by atoms with Gasteiger partial charge in [0, 0.05) is 33.4 Å². The second-order valence-corrected chi connectivity index (χ2v) is 17.9. The van der Waals surface area contributed by atoms with Crippen LogP contribution in [0.25, 0.3) is 94.1 Å². The average Bonchev–Trinajstić information content (AvgIpc) is 3.75. The Balaban J connectivity index is 0.989. The minimum Gasteiger partial charge on any atom is -0.310 e. The van der Waals surface area contributed by atoms with Crippen molar-refractivity contribution in [3.05, 3.63) is 265 Å². The van der Waals surface area contributed by atoms with Crippen molar-refractivity contribution in [2.45, 2.75) is 12.8 Å². The van der Waals surface area contributed by atoms with Crippen molar-refractivity contribution in [2.24, 2.45) is 0 Å². The van der Waals surface area contributed by atoms with E-state index in [1.165, 1.54) is 104 Å². The maximum Gasteiger partial charge on any atom is 0.0541 e. The molecule has 0 bridgehead atoms. The average molecular weight is 867 g/mol. The standard InChI is InChI=1S/C66H46N2/c1-3-17-46(18-4-1)56-30-14-20-48-21-15-32-61(66(48)56)59-27-9-11-33-63(59)67(53-25-13-22-50(43-53)55-29-16-31-57-54-26-8-7-19-47(54)37-41-58(55)57)52-39-35-45(36-40-52)49-38-42-65-62(44-49)60-28-10-12-34-64(60)68(65)51-23-5-2-6-24-51/h1-14,16-31,33-44H,15,32H2. The van der Waals surface area contributed by atoms with Gasteiger partial charge in [-0.3, -0.25) is 0 Å². The van der Waals surface area contributed by atoms with Crippen LogP contribution >= 0.6 is 0 Å². The maximum atomic E-state index is 2.48. The highest BCUT2D eigenvalue weighted by Crippen LogP contribution is 2.43. The minimum absolute atomic E-state index is 0.952. The van der Waals surface area contributed by atoms with Crippen LogP contribution in [0.1, 0.15) is 18.4 Å². The number of anilines is 3. The minimum atomic E-state index is 0.952. The summed E-state index contributed by atoms with van der Waals surface area (Å²) in [6, 6.07) is 91.4. The largest absolute Gasteiger partial charge is 0.310 e. The van der Waals surface area contributed by atoms with Crippen LogP contribution in [0.15, 0.2) is 249 Å². The number of para-hydroxylation sites is 3. The van der Waals surface area contributed by atoms with Crippen LogP contribution in [0.5, 0.6) is 0 Å². The summed E-state index contributed by atoms with van der Waals surface area (Å²) in [5.74, 6) is 0. The van der Waals surface area contributed by atoms with Gasteiger partial charge in [0.2, 0.25) is 0 Å². The van der Waals surface area contributed by atoms with E-state index in [4.69, 9.17) is 0 Å². The smallest absolute Gasteiger partial charge is 0.0541 e. The molecule has 2 nitrogen and oxygen atoms in total. The lowest BCUT2D eigenvalue weighted by Crippen LogP contribution is -2.32. The van der Waals surface area contributed by atoms with Gasteiger partial charge in [-0.2, -0.15) is 0 Å². The first-order valence-corrected chi connectivity index (χ1v) is 23.7. The van der Waals surface area contributed by atoms with Crippen molar-refractivity contribution in [3.8, 4) is 39.1 Å². The Morgan fingerprint density at radius 2 is 1.01 bits per heavy atom. The van der Waals surface area contributed by atoms with E-state index < -0.39 is 0 Å². The summed E-state index contributed by atoms with van der Waals surface area (Å²) < 4.78 is 2.38. The summed E-state index contributed by atoms with van der Waals surface area (Å²) in [7, 11) is 0. The van der Waals surface area contributed by atoms with E-state index in [1.807, 2.05) is 0 Å². The molecule has 1 aromatic heterocycles. The van der Waals surface area contributed by atoms with E-state index in [0.29, 0.717) is 0 Å². The summed E-state index contributed by atoms with van der Waals surface area (Å²) in [5.41, 5.74) is 16.8. The summed E-state index contributed by atoms with van der Waals surface area (Å²) in [6.45, 7) is 0. The third kappa shape index (κ3) is 6.72. The van der Waals surface area contributed by atoms with E-state index in [-0.39, 0.29) is 0 Å². The van der Waals surface area contributed by atoms with E-state index in [0.717, 1.165) is 29.9 Å². The molecule has 0 unspecified atom stereocenters. The van der Waals surface area contributed by atoms with Crippen molar-refractivity contribution >= 4 is 72.1 Å².